The van der Waals surface area contributed by atoms with Crippen LogP contribution in [0.3, 0.4) is 0 Å². The van der Waals surface area contributed by atoms with Crippen molar-refractivity contribution in [3.05, 3.63) is 58.9 Å². The average molecular weight is 445 g/mol. The molecule has 0 spiro atoms. The molecule has 1 unspecified atom stereocenters. The predicted octanol–water partition coefficient (Wildman–Crippen LogP) is 4.82. The lowest BCUT2D eigenvalue weighted by molar-refractivity contribution is 0.0303. The van der Waals surface area contributed by atoms with Gasteiger partial charge in [-0.2, -0.15) is 5.10 Å². The Morgan fingerprint density at radius 1 is 1.06 bits per heavy atom. The molecule has 1 atom stereocenters. The number of amides is 2. The summed E-state index contributed by atoms with van der Waals surface area (Å²) in [4.78, 5) is 26.1. The third-order valence-corrected chi connectivity index (χ3v) is 5.55. The monoisotopic (exact) mass is 444 g/mol. The first-order valence-electron chi connectivity index (χ1n) is 10.6. The lowest BCUT2D eigenvalue weighted by atomic mass is 9.76. The van der Waals surface area contributed by atoms with Crippen molar-refractivity contribution in [2.24, 2.45) is 5.92 Å². The zero-order valence-electron chi connectivity index (χ0n) is 18.2. The highest BCUT2D eigenvalue weighted by Gasteiger charge is 2.45. The van der Waals surface area contributed by atoms with E-state index in [-0.39, 0.29) is 11.6 Å². The molecule has 1 aliphatic carbocycles. The average Bonchev–Trinajstić information content (AvgIpc) is 2.73. The van der Waals surface area contributed by atoms with E-state index in [1.807, 2.05) is 6.07 Å². The van der Waals surface area contributed by atoms with E-state index in [0.29, 0.717) is 10.6 Å². The third kappa shape index (κ3) is 5.94. The Morgan fingerprint density at radius 3 is 2.42 bits per heavy atom. The molecule has 1 aromatic heterocycles. The Balaban J connectivity index is 2.07. The summed E-state index contributed by atoms with van der Waals surface area (Å²) < 4.78 is 5.56. The molecular weight excluding hydrogens is 416 g/mol. The Bertz CT molecular complexity index is 911. The van der Waals surface area contributed by atoms with E-state index in [4.69, 9.17) is 16.3 Å². The fraction of sp³-hybridized carbons (Fsp3) is 0.478. The second kappa shape index (κ2) is 9.64. The Labute approximate surface area is 187 Å². The summed E-state index contributed by atoms with van der Waals surface area (Å²) >= 11 is 6.31. The van der Waals surface area contributed by atoms with Gasteiger partial charge in [0.25, 0.3) is 5.91 Å². The van der Waals surface area contributed by atoms with Crippen LogP contribution in [-0.2, 0) is 10.4 Å². The van der Waals surface area contributed by atoms with E-state index in [9.17, 15) is 9.59 Å². The second-order valence-electron chi connectivity index (χ2n) is 8.84. The topological polar surface area (TPSA) is 93.2 Å². The first kappa shape index (κ1) is 23.0. The van der Waals surface area contributed by atoms with Crippen LogP contribution in [0.25, 0.3) is 0 Å². The number of ether oxygens (including phenoxy) is 1. The fourth-order valence-corrected chi connectivity index (χ4v) is 4.21. The maximum atomic E-state index is 13.2. The molecule has 0 saturated heterocycles. The largest absolute Gasteiger partial charge is 0.444 e. The lowest BCUT2D eigenvalue weighted by Crippen LogP contribution is -2.63. The fourth-order valence-electron chi connectivity index (χ4n) is 4.02. The van der Waals surface area contributed by atoms with E-state index in [2.05, 4.69) is 20.8 Å². The van der Waals surface area contributed by atoms with Crippen LogP contribution in [0.2, 0.25) is 5.02 Å². The minimum absolute atomic E-state index is 0.0483. The number of rotatable bonds is 5. The van der Waals surface area contributed by atoms with E-state index in [1.54, 1.807) is 51.1 Å². The lowest BCUT2D eigenvalue weighted by Gasteiger charge is -2.44. The SMILES string of the molecule is CC(C)(C)OC(=O)NC(NC(=O)c1cccnn1)(c1cccc(Cl)c1)C1CCCCC1. The number of carbonyl (C=O) groups is 2. The molecule has 8 heteroatoms. The second-order valence-corrected chi connectivity index (χ2v) is 9.28. The van der Waals surface area contributed by atoms with E-state index >= 15 is 0 Å². The molecule has 2 aromatic rings. The van der Waals surface area contributed by atoms with Gasteiger partial charge in [0, 0.05) is 17.1 Å². The standard InChI is InChI=1S/C23H29ClN4O3/c1-22(2,3)31-21(30)27-23(16-9-5-4-6-10-16,17-11-7-12-18(24)15-17)26-20(29)19-13-8-14-25-28-19/h7-8,11-16H,4-6,9-10H2,1-3H3,(H,26,29)(H,27,30). The molecule has 1 aliphatic rings. The molecule has 3 rings (SSSR count). The highest BCUT2D eigenvalue weighted by molar-refractivity contribution is 6.30. The van der Waals surface area contributed by atoms with Crippen molar-refractivity contribution in [3.8, 4) is 0 Å². The highest BCUT2D eigenvalue weighted by atomic mass is 35.5. The summed E-state index contributed by atoms with van der Waals surface area (Å²) in [6.45, 7) is 5.39. The van der Waals surface area contributed by atoms with Gasteiger partial charge in [-0.3, -0.25) is 10.1 Å². The van der Waals surface area contributed by atoms with Gasteiger partial charge in [0.05, 0.1) is 0 Å². The number of carbonyl (C=O) groups excluding carboxylic acids is 2. The van der Waals surface area contributed by atoms with Crippen LogP contribution in [-0.4, -0.2) is 27.8 Å². The molecule has 1 saturated carbocycles. The number of hydrogen-bond acceptors (Lipinski definition) is 5. The number of hydrogen-bond donors (Lipinski definition) is 2. The number of alkyl carbamates (subject to hydrolysis) is 1. The summed E-state index contributed by atoms with van der Waals surface area (Å²) in [6, 6.07) is 10.4. The molecule has 2 amide bonds. The first-order valence-corrected chi connectivity index (χ1v) is 10.9. The number of aromatic nitrogens is 2. The maximum Gasteiger partial charge on any atom is 0.409 e. The van der Waals surface area contributed by atoms with Crippen LogP contribution in [0.5, 0.6) is 0 Å². The van der Waals surface area contributed by atoms with E-state index in [1.165, 1.54) is 6.20 Å². The third-order valence-electron chi connectivity index (χ3n) is 5.31. The number of benzene rings is 1. The quantitative estimate of drug-likeness (QED) is 0.645. The van der Waals surface area contributed by atoms with Gasteiger partial charge in [-0.25, -0.2) is 4.79 Å². The molecular formula is C23H29ClN4O3. The van der Waals surface area contributed by atoms with Gasteiger partial charge in [-0.15, -0.1) is 5.10 Å². The Kier molecular flexibility index (Phi) is 7.15. The van der Waals surface area contributed by atoms with Gasteiger partial charge in [-0.1, -0.05) is 43.0 Å². The van der Waals surface area contributed by atoms with Crippen molar-refractivity contribution in [2.45, 2.75) is 64.1 Å². The van der Waals surface area contributed by atoms with E-state index in [0.717, 1.165) is 32.1 Å². The van der Waals surface area contributed by atoms with Crippen LogP contribution in [0.15, 0.2) is 42.6 Å². The smallest absolute Gasteiger partial charge is 0.409 e. The molecule has 0 radical (unpaired) electrons. The Morgan fingerprint density at radius 2 is 1.81 bits per heavy atom. The molecule has 166 valence electrons. The van der Waals surface area contributed by atoms with Gasteiger partial charge in [0.15, 0.2) is 5.69 Å². The molecule has 1 aromatic carbocycles. The normalized spacial score (nSPS) is 16.8. The van der Waals surface area contributed by atoms with Crippen molar-refractivity contribution in [3.63, 3.8) is 0 Å². The molecule has 0 aliphatic heterocycles. The number of nitrogens with one attached hydrogen (secondary N) is 2. The first-order chi connectivity index (χ1) is 14.7. The molecule has 0 bridgehead atoms. The molecule has 1 heterocycles. The van der Waals surface area contributed by atoms with Crippen molar-refractivity contribution in [1.82, 2.24) is 20.8 Å². The van der Waals surface area contributed by atoms with Crippen molar-refractivity contribution in [1.29, 1.82) is 0 Å². The van der Waals surface area contributed by atoms with Crippen molar-refractivity contribution >= 4 is 23.6 Å². The molecule has 1 fully saturated rings. The molecule has 2 N–H and O–H groups in total. The summed E-state index contributed by atoms with van der Waals surface area (Å²) in [5.74, 6) is -0.484. The minimum atomic E-state index is -1.21. The van der Waals surface area contributed by atoms with Crippen LogP contribution < -0.4 is 10.6 Å². The van der Waals surface area contributed by atoms with Gasteiger partial charge in [-0.05, 0) is 63.4 Å². The maximum absolute atomic E-state index is 13.2. The summed E-state index contributed by atoms with van der Waals surface area (Å²) in [7, 11) is 0. The van der Waals surface area contributed by atoms with E-state index < -0.39 is 23.3 Å². The van der Waals surface area contributed by atoms with Crippen LogP contribution in [0.4, 0.5) is 4.79 Å². The minimum Gasteiger partial charge on any atom is -0.444 e. The summed E-state index contributed by atoms with van der Waals surface area (Å²) in [5, 5.41) is 14.3. The van der Waals surface area contributed by atoms with Crippen LogP contribution in [0.1, 0.15) is 68.9 Å². The zero-order chi connectivity index (χ0) is 22.5. The van der Waals surface area contributed by atoms with Gasteiger partial charge in [0.1, 0.15) is 11.3 Å². The molecule has 7 nitrogen and oxygen atoms in total. The van der Waals surface area contributed by atoms with Crippen molar-refractivity contribution in [2.75, 3.05) is 0 Å². The number of halogens is 1. The van der Waals surface area contributed by atoms with Gasteiger partial charge < -0.3 is 10.1 Å². The van der Waals surface area contributed by atoms with Crippen LogP contribution in [0, 0.1) is 5.92 Å². The zero-order valence-corrected chi connectivity index (χ0v) is 18.9. The summed E-state index contributed by atoms with van der Waals surface area (Å²) in [5.41, 5.74) is -1.04. The van der Waals surface area contributed by atoms with Gasteiger partial charge in [0.2, 0.25) is 0 Å². The Hall–Kier alpha value is -2.67. The van der Waals surface area contributed by atoms with Gasteiger partial charge >= 0.3 is 6.09 Å². The molecule has 31 heavy (non-hydrogen) atoms. The number of nitrogens with zero attached hydrogens (tertiary/aromatic N) is 2. The van der Waals surface area contributed by atoms with Crippen molar-refractivity contribution < 1.29 is 14.3 Å². The predicted molar refractivity (Wildman–Crippen MR) is 119 cm³/mol. The highest BCUT2D eigenvalue weighted by Crippen LogP contribution is 2.39. The summed E-state index contributed by atoms with van der Waals surface area (Å²) in [6.07, 6.45) is 5.69. The van der Waals surface area contributed by atoms with Crippen LogP contribution >= 0.6 is 11.6 Å².